The summed E-state index contributed by atoms with van der Waals surface area (Å²) < 4.78 is 5.03. The quantitative estimate of drug-likeness (QED) is 0.388. The molecule has 0 aliphatic heterocycles. The van der Waals surface area contributed by atoms with E-state index in [1.807, 2.05) is 0 Å². The third-order valence-corrected chi connectivity index (χ3v) is 3.28. The van der Waals surface area contributed by atoms with E-state index in [2.05, 4.69) is 0 Å². The number of methoxy groups -OCH3 is 1. The number of hydrogen-bond donors (Lipinski definition) is 1. The van der Waals surface area contributed by atoms with Gasteiger partial charge in [-0.3, -0.25) is 14.9 Å². The number of allylic oxidation sites excluding steroid dienone is 1. The van der Waals surface area contributed by atoms with E-state index in [0.717, 1.165) is 11.6 Å². The van der Waals surface area contributed by atoms with Crippen molar-refractivity contribution in [2.45, 2.75) is 0 Å². The molecule has 0 aromatic heterocycles. The molecule has 0 bridgehead atoms. The van der Waals surface area contributed by atoms with E-state index >= 15 is 0 Å². The van der Waals surface area contributed by atoms with Crippen molar-refractivity contribution in [3.8, 4) is 11.5 Å². The zero-order valence-electron chi connectivity index (χ0n) is 12.0. The van der Waals surface area contributed by atoms with Crippen LogP contribution >= 0.6 is 11.6 Å². The van der Waals surface area contributed by atoms with Gasteiger partial charge in [0, 0.05) is 11.1 Å². The summed E-state index contributed by atoms with van der Waals surface area (Å²) in [4.78, 5) is 22.2. The fourth-order valence-electron chi connectivity index (χ4n) is 1.89. The highest BCUT2D eigenvalue weighted by atomic mass is 35.5. The van der Waals surface area contributed by atoms with Crippen LogP contribution in [-0.2, 0) is 0 Å². The number of nitro benzene ring substituents is 1. The Morgan fingerprint density at radius 3 is 2.52 bits per heavy atom. The van der Waals surface area contributed by atoms with Gasteiger partial charge in [0.15, 0.2) is 5.78 Å². The van der Waals surface area contributed by atoms with Crippen molar-refractivity contribution in [2.75, 3.05) is 7.11 Å². The molecule has 0 saturated heterocycles. The molecule has 0 unspecified atom stereocenters. The predicted molar refractivity (Wildman–Crippen MR) is 86.1 cm³/mol. The molecule has 0 amide bonds. The second-order valence-electron chi connectivity index (χ2n) is 4.55. The number of phenolic OH excluding ortho intramolecular Hbond substituents is 1. The highest BCUT2D eigenvalue weighted by Gasteiger charge is 2.21. The SMILES string of the molecule is COc1ccc(C=CC(=O)c2cc(Cl)cc([N+](=O)[O-])c2O)cc1. The third-order valence-electron chi connectivity index (χ3n) is 3.06. The van der Waals surface area contributed by atoms with Crippen LogP contribution in [0.25, 0.3) is 6.08 Å². The zero-order valence-corrected chi connectivity index (χ0v) is 12.8. The van der Waals surface area contributed by atoms with Crippen molar-refractivity contribution in [1.29, 1.82) is 0 Å². The topological polar surface area (TPSA) is 89.7 Å². The number of carbonyl (C=O) groups excluding carboxylic acids is 1. The van der Waals surface area contributed by atoms with Crippen LogP contribution in [0.15, 0.2) is 42.5 Å². The lowest BCUT2D eigenvalue weighted by molar-refractivity contribution is -0.385. The van der Waals surface area contributed by atoms with Gasteiger partial charge in [-0.1, -0.05) is 29.8 Å². The van der Waals surface area contributed by atoms with Crippen LogP contribution in [0.2, 0.25) is 5.02 Å². The largest absolute Gasteiger partial charge is 0.502 e. The van der Waals surface area contributed by atoms with Crippen molar-refractivity contribution in [3.05, 3.63) is 68.7 Å². The molecule has 118 valence electrons. The molecule has 2 aromatic carbocycles. The van der Waals surface area contributed by atoms with Gasteiger partial charge in [0.2, 0.25) is 5.75 Å². The van der Waals surface area contributed by atoms with Gasteiger partial charge in [0.05, 0.1) is 17.6 Å². The normalized spacial score (nSPS) is 10.7. The molecule has 0 saturated carbocycles. The van der Waals surface area contributed by atoms with Crippen LogP contribution in [0.1, 0.15) is 15.9 Å². The van der Waals surface area contributed by atoms with E-state index in [9.17, 15) is 20.0 Å². The van der Waals surface area contributed by atoms with Crippen LogP contribution in [0.4, 0.5) is 5.69 Å². The van der Waals surface area contributed by atoms with Crippen LogP contribution in [0, 0.1) is 10.1 Å². The third kappa shape index (κ3) is 3.87. The van der Waals surface area contributed by atoms with Gasteiger partial charge < -0.3 is 9.84 Å². The monoisotopic (exact) mass is 333 g/mol. The Bertz CT molecular complexity index is 784. The van der Waals surface area contributed by atoms with Gasteiger partial charge in [-0.15, -0.1) is 0 Å². The van der Waals surface area contributed by atoms with E-state index in [4.69, 9.17) is 16.3 Å². The summed E-state index contributed by atoms with van der Waals surface area (Å²) >= 11 is 5.75. The molecule has 0 aliphatic carbocycles. The summed E-state index contributed by atoms with van der Waals surface area (Å²) in [5.74, 6) is -0.621. The number of ketones is 1. The zero-order chi connectivity index (χ0) is 17.0. The molecule has 0 atom stereocenters. The van der Waals surface area contributed by atoms with Crippen molar-refractivity contribution in [3.63, 3.8) is 0 Å². The Hall–Kier alpha value is -2.86. The Balaban J connectivity index is 2.29. The average Bonchev–Trinajstić information content (AvgIpc) is 2.54. The number of carbonyl (C=O) groups is 1. The molecule has 0 radical (unpaired) electrons. The molecule has 0 aliphatic rings. The number of nitro groups is 1. The van der Waals surface area contributed by atoms with Crippen molar-refractivity contribution in [1.82, 2.24) is 0 Å². The van der Waals surface area contributed by atoms with E-state index in [-0.39, 0.29) is 10.6 Å². The predicted octanol–water partition coefficient (Wildman–Crippen LogP) is 3.86. The first-order valence-electron chi connectivity index (χ1n) is 6.45. The molecule has 0 fully saturated rings. The van der Waals surface area contributed by atoms with Gasteiger partial charge in [-0.05, 0) is 29.8 Å². The summed E-state index contributed by atoms with van der Waals surface area (Å²) in [6.07, 6.45) is 2.73. The number of aromatic hydroxyl groups is 1. The summed E-state index contributed by atoms with van der Waals surface area (Å²) in [6, 6.07) is 9.11. The number of halogens is 1. The molecule has 23 heavy (non-hydrogen) atoms. The molecule has 2 aromatic rings. The molecule has 0 heterocycles. The molecule has 7 heteroatoms. The first kappa shape index (κ1) is 16.5. The van der Waals surface area contributed by atoms with E-state index in [0.29, 0.717) is 5.75 Å². The number of benzene rings is 2. The fourth-order valence-corrected chi connectivity index (χ4v) is 2.10. The van der Waals surface area contributed by atoms with E-state index in [1.54, 1.807) is 31.4 Å². The van der Waals surface area contributed by atoms with Gasteiger partial charge in [-0.25, -0.2) is 0 Å². The minimum Gasteiger partial charge on any atom is -0.502 e. The van der Waals surface area contributed by atoms with Gasteiger partial charge in [0.25, 0.3) is 0 Å². The van der Waals surface area contributed by atoms with Crippen LogP contribution in [0.5, 0.6) is 11.5 Å². The minimum absolute atomic E-state index is 0.00398. The summed E-state index contributed by atoms with van der Waals surface area (Å²) in [6.45, 7) is 0. The molecule has 1 N–H and O–H groups in total. The second-order valence-corrected chi connectivity index (χ2v) is 4.99. The van der Waals surface area contributed by atoms with E-state index in [1.165, 1.54) is 18.2 Å². The molecular weight excluding hydrogens is 322 g/mol. The first-order chi connectivity index (χ1) is 10.9. The average molecular weight is 334 g/mol. The first-order valence-corrected chi connectivity index (χ1v) is 6.83. The number of hydrogen-bond acceptors (Lipinski definition) is 5. The Morgan fingerprint density at radius 2 is 1.96 bits per heavy atom. The summed E-state index contributed by atoms with van der Waals surface area (Å²) in [5.41, 5.74) is -0.108. The van der Waals surface area contributed by atoms with Crippen LogP contribution in [-0.4, -0.2) is 22.9 Å². The van der Waals surface area contributed by atoms with Gasteiger partial charge in [-0.2, -0.15) is 0 Å². The van der Waals surface area contributed by atoms with Gasteiger partial charge >= 0.3 is 5.69 Å². The molecule has 0 spiro atoms. The maximum Gasteiger partial charge on any atom is 0.312 e. The van der Waals surface area contributed by atoms with Crippen molar-refractivity contribution < 1.29 is 19.6 Å². The molecular formula is C16H12ClNO5. The lowest BCUT2D eigenvalue weighted by Gasteiger charge is -2.03. The number of nitrogens with zero attached hydrogens (tertiary/aromatic N) is 1. The van der Waals surface area contributed by atoms with Gasteiger partial charge in [0.1, 0.15) is 5.75 Å². The number of phenols is 1. The van der Waals surface area contributed by atoms with Crippen LogP contribution < -0.4 is 4.74 Å². The smallest absolute Gasteiger partial charge is 0.312 e. The van der Waals surface area contributed by atoms with E-state index < -0.39 is 22.1 Å². The maximum absolute atomic E-state index is 12.1. The Labute approximate surface area is 136 Å². The highest BCUT2D eigenvalue weighted by molar-refractivity contribution is 6.31. The Kier molecular flexibility index (Phi) is 4.98. The number of rotatable bonds is 5. The molecule has 6 nitrogen and oxygen atoms in total. The minimum atomic E-state index is -0.800. The lowest BCUT2D eigenvalue weighted by Crippen LogP contribution is -1.98. The van der Waals surface area contributed by atoms with Crippen LogP contribution in [0.3, 0.4) is 0 Å². The highest BCUT2D eigenvalue weighted by Crippen LogP contribution is 2.33. The summed E-state index contributed by atoms with van der Waals surface area (Å²) in [5, 5.41) is 20.7. The fraction of sp³-hybridized carbons (Fsp3) is 0.0625. The van der Waals surface area contributed by atoms with Crippen molar-refractivity contribution in [2.24, 2.45) is 0 Å². The number of ether oxygens (including phenoxy) is 1. The molecule has 2 rings (SSSR count). The maximum atomic E-state index is 12.1. The lowest BCUT2D eigenvalue weighted by atomic mass is 10.1. The Morgan fingerprint density at radius 1 is 1.30 bits per heavy atom. The van der Waals surface area contributed by atoms with Crippen molar-refractivity contribution >= 4 is 29.1 Å². The second kappa shape index (κ2) is 6.93. The summed E-state index contributed by atoms with van der Waals surface area (Å²) in [7, 11) is 1.54. The standard InChI is InChI=1S/C16H12ClNO5/c1-23-12-5-2-10(3-6-12)4-7-15(19)13-8-11(17)9-14(16(13)20)18(21)22/h2-9,20H,1H3.